The van der Waals surface area contributed by atoms with Gasteiger partial charge in [-0.1, -0.05) is 24.3 Å². The molecule has 0 saturated carbocycles. The van der Waals surface area contributed by atoms with Crippen LogP contribution in [0.4, 0.5) is 0 Å². The number of benzene rings is 1. The van der Waals surface area contributed by atoms with Crippen LogP contribution in [0.2, 0.25) is 0 Å². The third-order valence-corrected chi connectivity index (χ3v) is 4.54. The number of hydrogen-bond acceptors (Lipinski definition) is 4. The first-order valence-corrected chi connectivity index (χ1v) is 7.57. The lowest BCUT2D eigenvalue weighted by atomic mass is 10.0. The van der Waals surface area contributed by atoms with E-state index in [2.05, 4.69) is 0 Å². The van der Waals surface area contributed by atoms with Crippen molar-refractivity contribution in [1.29, 1.82) is 0 Å². The average molecular weight is 301 g/mol. The van der Waals surface area contributed by atoms with Crippen LogP contribution >= 0.6 is 11.3 Å². The maximum atomic E-state index is 12.6. The van der Waals surface area contributed by atoms with Crippen LogP contribution in [0.1, 0.15) is 33.3 Å². The van der Waals surface area contributed by atoms with Crippen molar-refractivity contribution in [2.75, 3.05) is 7.11 Å². The summed E-state index contributed by atoms with van der Waals surface area (Å²) >= 11 is 1.61. The van der Waals surface area contributed by atoms with E-state index in [1.807, 2.05) is 41.8 Å². The van der Waals surface area contributed by atoms with Crippen LogP contribution in [0, 0.1) is 0 Å². The van der Waals surface area contributed by atoms with Gasteiger partial charge in [0.25, 0.3) is 5.91 Å². The number of carbonyl (C=O) groups excluding carboxylic acids is 2. The quantitative estimate of drug-likeness (QED) is 0.816. The molecule has 1 atom stereocenters. The molecule has 0 radical (unpaired) electrons. The third-order valence-electron chi connectivity index (χ3n) is 3.68. The summed E-state index contributed by atoms with van der Waals surface area (Å²) in [6.45, 7) is 0.521. The number of nitrogens with zero attached hydrogens (tertiary/aromatic N) is 1. The second-order valence-corrected chi connectivity index (χ2v) is 5.93. The molecular weight excluding hydrogens is 286 g/mol. The second kappa shape index (κ2) is 5.69. The van der Waals surface area contributed by atoms with E-state index >= 15 is 0 Å². The minimum atomic E-state index is -0.305. The zero-order chi connectivity index (χ0) is 14.8. The number of methoxy groups -OCH3 is 1. The van der Waals surface area contributed by atoms with Gasteiger partial charge in [0, 0.05) is 10.4 Å². The van der Waals surface area contributed by atoms with Crippen molar-refractivity contribution in [1.82, 2.24) is 4.90 Å². The zero-order valence-electron chi connectivity index (χ0n) is 11.6. The lowest BCUT2D eigenvalue weighted by Crippen LogP contribution is -2.29. The van der Waals surface area contributed by atoms with E-state index in [1.165, 1.54) is 7.11 Å². The van der Waals surface area contributed by atoms with Gasteiger partial charge in [0.15, 0.2) is 0 Å². The van der Waals surface area contributed by atoms with E-state index in [-0.39, 0.29) is 24.3 Å². The molecule has 21 heavy (non-hydrogen) atoms. The number of ether oxygens (including phenoxy) is 1. The summed E-state index contributed by atoms with van der Waals surface area (Å²) < 4.78 is 4.77. The Bertz CT molecular complexity index is 666. The molecule has 3 rings (SSSR count). The van der Waals surface area contributed by atoms with Crippen LogP contribution in [0.25, 0.3) is 0 Å². The SMILES string of the molecule is COC(=O)CC1c2ccccc2C(=O)N1Cc1cccs1. The Morgan fingerprint density at radius 3 is 2.81 bits per heavy atom. The van der Waals surface area contributed by atoms with Gasteiger partial charge < -0.3 is 9.64 Å². The topological polar surface area (TPSA) is 46.6 Å². The molecule has 2 aromatic rings. The minimum Gasteiger partial charge on any atom is -0.469 e. The molecule has 1 aromatic heterocycles. The fourth-order valence-corrected chi connectivity index (χ4v) is 3.36. The van der Waals surface area contributed by atoms with Crippen LogP contribution < -0.4 is 0 Å². The number of amides is 1. The van der Waals surface area contributed by atoms with E-state index in [9.17, 15) is 9.59 Å². The van der Waals surface area contributed by atoms with Crippen LogP contribution in [0.3, 0.4) is 0 Å². The van der Waals surface area contributed by atoms with E-state index in [1.54, 1.807) is 16.2 Å². The van der Waals surface area contributed by atoms with Crippen molar-refractivity contribution in [2.45, 2.75) is 19.0 Å². The fourth-order valence-electron chi connectivity index (χ4n) is 2.66. The molecule has 1 aliphatic rings. The van der Waals surface area contributed by atoms with Crippen LogP contribution in [0.15, 0.2) is 41.8 Å². The van der Waals surface area contributed by atoms with Gasteiger partial charge in [-0.15, -0.1) is 11.3 Å². The standard InChI is InChI=1S/C16H15NO3S/c1-20-15(18)9-14-12-6-2-3-7-13(12)16(19)17(14)10-11-5-4-8-21-11/h2-8,14H,9-10H2,1H3. The first-order chi connectivity index (χ1) is 10.2. The Morgan fingerprint density at radius 1 is 1.29 bits per heavy atom. The smallest absolute Gasteiger partial charge is 0.307 e. The molecule has 1 unspecified atom stereocenters. The van der Waals surface area contributed by atoms with Crippen LogP contribution in [-0.4, -0.2) is 23.9 Å². The summed E-state index contributed by atoms with van der Waals surface area (Å²) in [7, 11) is 1.37. The maximum Gasteiger partial charge on any atom is 0.307 e. The number of rotatable bonds is 4. The lowest BCUT2D eigenvalue weighted by Gasteiger charge is -2.24. The van der Waals surface area contributed by atoms with Gasteiger partial charge in [-0.2, -0.15) is 0 Å². The lowest BCUT2D eigenvalue weighted by molar-refractivity contribution is -0.141. The van der Waals surface area contributed by atoms with Gasteiger partial charge >= 0.3 is 5.97 Å². The van der Waals surface area contributed by atoms with Crippen molar-refractivity contribution in [2.24, 2.45) is 0 Å². The molecule has 1 aromatic carbocycles. The molecular formula is C16H15NO3S. The number of esters is 1. The van der Waals surface area contributed by atoms with Crippen molar-refractivity contribution in [3.8, 4) is 0 Å². The highest BCUT2D eigenvalue weighted by Crippen LogP contribution is 2.37. The van der Waals surface area contributed by atoms with Gasteiger partial charge in [-0.3, -0.25) is 9.59 Å². The van der Waals surface area contributed by atoms with Crippen LogP contribution in [0.5, 0.6) is 0 Å². The van der Waals surface area contributed by atoms with Gasteiger partial charge in [0.2, 0.25) is 0 Å². The highest BCUT2D eigenvalue weighted by atomic mass is 32.1. The van der Waals surface area contributed by atoms with Crippen LogP contribution in [-0.2, 0) is 16.1 Å². The highest BCUT2D eigenvalue weighted by Gasteiger charge is 2.37. The number of fused-ring (bicyclic) bond motifs is 1. The molecule has 0 saturated heterocycles. The number of carbonyl (C=O) groups is 2. The third kappa shape index (κ3) is 2.56. The Labute approximate surface area is 127 Å². The second-order valence-electron chi connectivity index (χ2n) is 4.90. The van der Waals surface area contributed by atoms with E-state index in [4.69, 9.17) is 4.74 Å². The molecule has 1 amide bonds. The van der Waals surface area contributed by atoms with Crippen molar-refractivity contribution in [3.05, 3.63) is 57.8 Å². The van der Waals surface area contributed by atoms with E-state index < -0.39 is 0 Å². The number of thiophene rings is 1. The molecule has 4 nitrogen and oxygen atoms in total. The largest absolute Gasteiger partial charge is 0.469 e. The Morgan fingerprint density at radius 2 is 2.10 bits per heavy atom. The maximum absolute atomic E-state index is 12.6. The molecule has 0 fully saturated rings. The molecule has 2 heterocycles. The zero-order valence-corrected chi connectivity index (χ0v) is 12.4. The monoisotopic (exact) mass is 301 g/mol. The van der Waals surface area contributed by atoms with Crippen molar-refractivity contribution < 1.29 is 14.3 Å². The molecule has 5 heteroatoms. The Kier molecular flexibility index (Phi) is 3.75. The average Bonchev–Trinajstić information content (AvgIpc) is 3.10. The summed E-state index contributed by atoms with van der Waals surface area (Å²) in [6, 6.07) is 11.2. The molecule has 0 spiro atoms. The van der Waals surface area contributed by atoms with Gasteiger partial charge in [0.05, 0.1) is 26.1 Å². The predicted molar refractivity (Wildman–Crippen MR) is 80.0 cm³/mol. The number of hydrogen-bond donors (Lipinski definition) is 0. The molecule has 0 aliphatic carbocycles. The predicted octanol–water partition coefficient (Wildman–Crippen LogP) is 3.01. The Balaban J connectivity index is 1.93. The van der Waals surface area contributed by atoms with E-state index in [0.717, 1.165) is 10.4 Å². The minimum absolute atomic E-state index is 0.0205. The summed E-state index contributed by atoms with van der Waals surface area (Å²) in [5.41, 5.74) is 1.59. The molecule has 1 aliphatic heterocycles. The Hall–Kier alpha value is -2.14. The van der Waals surface area contributed by atoms with Crippen molar-refractivity contribution >= 4 is 23.2 Å². The molecule has 0 bridgehead atoms. The van der Waals surface area contributed by atoms with Gasteiger partial charge in [0.1, 0.15) is 0 Å². The van der Waals surface area contributed by atoms with Gasteiger partial charge in [-0.05, 0) is 23.1 Å². The summed E-state index contributed by atoms with van der Waals surface area (Å²) in [4.78, 5) is 27.1. The first kappa shape index (κ1) is 13.8. The summed E-state index contributed by atoms with van der Waals surface area (Å²) in [5, 5.41) is 1.98. The van der Waals surface area contributed by atoms with Crippen molar-refractivity contribution in [3.63, 3.8) is 0 Å². The normalized spacial score (nSPS) is 16.9. The molecule has 108 valence electrons. The summed E-state index contributed by atoms with van der Waals surface area (Å²) in [6.07, 6.45) is 0.185. The fraction of sp³-hybridized carbons (Fsp3) is 0.250. The van der Waals surface area contributed by atoms with Gasteiger partial charge in [-0.25, -0.2) is 0 Å². The highest BCUT2D eigenvalue weighted by molar-refractivity contribution is 7.09. The first-order valence-electron chi connectivity index (χ1n) is 6.70. The van der Waals surface area contributed by atoms with E-state index in [0.29, 0.717) is 12.1 Å². The molecule has 0 N–H and O–H groups in total. The summed E-state index contributed by atoms with van der Waals surface area (Å²) in [5.74, 6) is -0.325.